The topological polar surface area (TPSA) is 57.3 Å². The Labute approximate surface area is 132 Å². The molecule has 5 nitrogen and oxygen atoms in total. The lowest BCUT2D eigenvalue weighted by molar-refractivity contribution is 0.414. The molecule has 2 heterocycles. The minimum absolute atomic E-state index is 0.188. The van der Waals surface area contributed by atoms with E-state index in [2.05, 4.69) is 5.10 Å². The standard InChI is InChI=1S/C18H14N2O3/c1-11-4-3-5-13(8-11)20-18(21)15-9-12-6-7-14(22-2)10-16(12)23-17(15)19-20/h3-10H,1-2H3. The third-order valence-corrected chi connectivity index (χ3v) is 3.82. The van der Waals surface area contributed by atoms with Crippen molar-refractivity contribution in [3.05, 3.63) is 64.4 Å². The molecule has 0 aromatic heterocycles. The van der Waals surface area contributed by atoms with Gasteiger partial charge in [0.25, 0.3) is 5.56 Å². The maximum atomic E-state index is 12.6. The van der Waals surface area contributed by atoms with Gasteiger partial charge in [-0.2, -0.15) is 4.68 Å². The molecule has 0 N–H and O–H groups in total. The van der Waals surface area contributed by atoms with Crippen LogP contribution in [0.1, 0.15) is 5.56 Å². The molecule has 4 rings (SSSR count). The summed E-state index contributed by atoms with van der Waals surface area (Å²) in [7, 11) is 1.60. The van der Waals surface area contributed by atoms with Gasteiger partial charge < -0.3 is 9.15 Å². The Balaban J connectivity index is 1.98. The predicted molar refractivity (Wildman–Crippen MR) is 87.5 cm³/mol. The number of aromatic nitrogens is 2. The first-order valence-corrected chi connectivity index (χ1v) is 7.23. The van der Waals surface area contributed by atoms with Gasteiger partial charge in [0.05, 0.1) is 12.8 Å². The van der Waals surface area contributed by atoms with E-state index in [0.717, 1.165) is 16.6 Å². The molecule has 2 aromatic carbocycles. The zero-order valence-corrected chi connectivity index (χ0v) is 12.7. The SMILES string of the molecule is COc1ccc2cc3c(=O)n(-c4cccc(C)c4)nc-3oc2c1. The van der Waals surface area contributed by atoms with Crippen molar-refractivity contribution < 1.29 is 9.15 Å². The highest BCUT2D eigenvalue weighted by Crippen LogP contribution is 2.27. The minimum Gasteiger partial charge on any atom is -0.497 e. The summed E-state index contributed by atoms with van der Waals surface area (Å²) >= 11 is 0. The van der Waals surface area contributed by atoms with Crippen LogP contribution in [0.4, 0.5) is 0 Å². The predicted octanol–water partition coefficient (Wildman–Crippen LogP) is 3.40. The number of ether oxygens (including phenoxy) is 1. The van der Waals surface area contributed by atoms with Crippen molar-refractivity contribution >= 4 is 11.0 Å². The van der Waals surface area contributed by atoms with E-state index in [4.69, 9.17) is 9.15 Å². The molecule has 0 spiro atoms. The molecule has 0 saturated heterocycles. The quantitative estimate of drug-likeness (QED) is 0.569. The Morgan fingerprint density at radius 2 is 2.00 bits per heavy atom. The summed E-state index contributed by atoms with van der Waals surface area (Å²) in [6.45, 7) is 1.97. The number of fused-ring (bicyclic) bond motifs is 2. The summed E-state index contributed by atoms with van der Waals surface area (Å²) in [4.78, 5) is 12.6. The molecule has 2 aliphatic heterocycles. The highest BCUT2D eigenvalue weighted by atomic mass is 16.5. The van der Waals surface area contributed by atoms with Gasteiger partial charge in [0, 0.05) is 11.5 Å². The van der Waals surface area contributed by atoms with Crippen LogP contribution in [-0.4, -0.2) is 16.9 Å². The average molecular weight is 306 g/mol. The van der Waals surface area contributed by atoms with Gasteiger partial charge in [-0.15, -0.1) is 5.10 Å². The average Bonchev–Trinajstić information content (AvgIpc) is 2.88. The van der Waals surface area contributed by atoms with Crippen molar-refractivity contribution in [1.29, 1.82) is 0 Å². The van der Waals surface area contributed by atoms with Gasteiger partial charge in [0.1, 0.15) is 16.9 Å². The molecule has 0 bridgehead atoms. The monoisotopic (exact) mass is 306 g/mol. The number of aryl methyl sites for hydroxylation is 1. The molecule has 0 radical (unpaired) electrons. The highest BCUT2D eigenvalue weighted by Gasteiger charge is 2.19. The fourth-order valence-corrected chi connectivity index (χ4v) is 2.64. The van der Waals surface area contributed by atoms with Gasteiger partial charge in [-0.05, 0) is 42.8 Å². The van der Waals surface area contributed by atoms with E-state index in [-0.39, 0.29) is 5.56 Å². The second-order valence-electron chi connectivity index (χ2n) is 5.42. The Morgan fingerprint density at radius 3 is 2.78 bits per heavy atom. The second-order valence-corrected chi connectivity index (χ2v) is 5.42. The van der Waals surface area contributed by atoms with Crippen molar-refractivity contribution in [1.82, 2.24) is 9.78 Å². The normalized spacial score (nSPS) is 11.2. The Kier molecular flexibility index (Phi) is 2.94. The molecule has 2 aliphatic rings. The Bertz CT molecular complexity index is 1050. The highest BCUT2D eigenvalue weighted by molar-refractivity contribution is 5.83. The van der Waals surface area contributed by atoms with Gasteiger partial charge in [-0.1, -0.05) is 12.1 Å². The smallest absolute Gasteiger partial charge is 0.284 e. The van der Waals surface area contributed by atoms with Crippen LogP contribution in [-0.2, 0) is 0 Å². The third-order valence-electron chi connectivity index (χ3n) is 3.82. The molecule has 2 aromatic rings. The molecule has 5 heteroatoms. The number of hydrogen-bond donors (Lipinski definition) is 0. The number of nitrogens with zero attached hydrogens (tertiary/aromatic N) is 2. The van der Waals surface area contributed by atoms with E-state index < -0.39 is 0 Å². The van der Waals surface area contributed by atoms with E-state index >= 15 is 0 Å². The maximum Gasteiger partial charge on any atom is 0.284 e. The van der Waals surface area contributed by atoms with Crippen LogP contribution in [0.3, 0.4) is 0 Å². The van der Waals surface area contributed by atoms with Gasteiger partial charge in [-0.3, -0.25) is 4.79 Å². The van der Waals surface area contributed by atoms with Gasteiger partial charge in [0.15, 0.2) is 0 Å². The van der Waals surface area contributed by atoms with Crippen LogP contribution in [0.15, 0.2) is 57.7 Å². The number of methoxy groups -OCH3 is 1. The van der Waals surface area contributed by atoms with Crippen molar-refractivity contribution in [2.75, 3.05) is 7.11 Å². The van der Waals surface area contributed by atoms with E-state index in [0.29, 0.717) is 22.8 Å². The van der Waals surface area contributed by atoms with Crippen molar-refractivity contribution in [2.24, 2.45) is 0 Å². The van der Waals surface area contributed by atoms with E-state index in [1.54, 1.807) is 19.2 Å². The zero-order valence-electron chi connectivity index (χ0n) is 12.7. The lowest BCUT2D eigenvalue weighted by atomic mass is 10.1. The Morgan fingerprint density at radius 1 is 1.13 bits per heavy atom. The molecule has 0 unspecified atom stereocenters. The van der Waals surface area contributed by atoms with Crippen LogP contribution in [0.2, 0.25) is 0 Å². The molecular weight excluding hydrogens is 292 g/mol. The van der Waals surface area contributed by atoms with Gasteiger partial charge in [0.2, 0.25) is 5.89 Å². The summed E-state index contributed by atoms with van der Waals surface area (Å²) in [5.41, 5.74) is 2.69. The summed E-state index contributed by atoms with van der Waals surface area (Å²) in [5.74, 6) is 1.01. The molecule has 0 atom stereocenters. The molecule has 114 valence electrons. The number of hydrogen-bond acceptors (Lipinski definition) is 4. The molecule has 0 saturated carbocycles. The summed E-state index contributed by atoms with van der Waals surface area (Å²) in [6.07, 6.45) is 0. The zero-order chi connectivity index (χ0) is 16.0. The van der Waals surface area contributed by atoms with Gasteiger partial charge in [-0.25, -0.2) is 0 Å². The molecule has 0 fully saturated rings. The van der Waals surface area contributed by atoms with Crippen LogP contribution >= 0.6 is 0 Å². The molecule has 23 heavy (non-hydrogen) atoms. The van der Waals surface area contributed by atoms with E-state index in [1.165, 1.54) is 4.68 Å². The molecule has 0 aliphatic carbocycles. The van der Waals surface area contributed by atoms with Crippen LogP contribution in [0.5, 0.6) is 5.75 Å². The number of rotatable bonds is 2. The Hall–Kier alpha value is -3.08. The lowest BCUT2D eigenvalue weighted by Crippen LogP contribution is -2.14. The summed E-state index contributed by atoms with van der Waals surface area (Å²) < 4.78 is 12.4. The first kappa shape index (κ1) is 13.6. The lowest BCUT2D eigenvalue weighted by Gasteiger charge is -2.03. The van der Waals surface area contributed by atoms with Crippen molar-refractivity contribution in [3.8, 4) is 22.9 Å². The largest absolute Gasteiger partial charge is 0.497 e. The fourth-order valence-electron chi connectivity index (χ4n) is 2.64. The summed E-state index contributed by atoms with van der Waals surface area (Å²) in [6, 6.07) is 14.9. The van der Waals surface area contributed by atoms with E-state index in [9.17, 15) is 4.79 Å². The first-order chi connectivity index (χ1) is 11.2. The molecular formula is C18H14N2O3. The van der Waals surface area contributed by atoms with Crippen molar-refractivity contribution in [3.63, 3.8) is 0 Å². The minimum atomic E-state index is -0.188. The fraction of sp³-hybridized carbons (Fsp3) is 0.111. The van der Waals surface area contributed by atoms with Crippen LogP contribution in [0.25, 0.3) is 28.1 Å². The van der Waals surface area contributed by atoms with Crippen LogP contribution in [0, 0.1) is 6.92 Å². The molecule has 0 amide bonds. The van der Waals surface area contributed by atoms with Crippen LogP contribution < -0.4 is 10.3 Å². The summed E-state index contributed by atoms with van der Waals surface area (Å²) in [5, 5.41) is 5.16. The van der Waals surface area contributed by atoms with Gasteiger partial charge >= 0.3 is 0 Å². The van der Waals surface area contributed by atoms with E-state index in [1.807, 2.05) is 43.3 Å². The maximum absolute atomic E-state index is 12.6. The second kappa shape index (κ2) is 4.98. The third kappa shape index (κ3) is 2.17. The first-order valence-electron chi connectivity index (χ1n) is 7.23. The van der Waals surface area contributed by atoms with Crippen molar-refractivity contribution in [2.45, 2.75) is 6.92 Å². The number of benzene rings is 2.